The lowest BCUT2D eigenvalue weighted by Crippen LogP contribution is -2.50. The summed E-state index contributed by atoms with van der Waals surface area (Å²) in [6, 6.07) is 3.32. The SMILES string of the molecule is C[C@H](NC1=CC(=O)C2(CCCC2)C(=O)N1)c1cccc(F)c1F. The van der Waals surface area contributed by atoms with Crippen LogP contribution in [0.3, 0.4) is 0 Å². The number of carbonyl (C=O) groups excluding carboxylic acids is 2. The summed E-state index contributed by atoms with van der Waals surface area (Å²) < 4.78 is 27.1. The molecule has 1 amide bonds. The molecular formula is C17H18F2N2O2. The van der Waals surface area contributed by atoms with Crippen molar-refractivity contribution in [1.82, 2.24) is 10.6 Å². The number of hydrogen-bond donors (Lipinski definition) is 2. The van der Waals surface area contributed by atoms with Crippen molar-refractivity contribution < 1.29 is 18.4 Å². The zero-order chi connectivity index (χ0) is 16.6. The summed E-state index contributed by atoms with van der Waals surface area (Å²) in [6.07, 6.45) is 4.22. The lowest BCUT2D eigenvalue weighted by molar-refractivity contribution is -0.140. The number of rotatable bonds is 3. The van der Waals surface area contributed by atoms with Crippen LogP contribution >= 0.6 is 0 Å². The Balaban J connectivity index is 1.80. The third-order valence-electron chi connectivity index (χ3n) is 4.71. The molecular weight excluding hydrogens is 302 g/mol. The van der Waals surface area contributed by atoms with E-state index in [0.717, 1.165) is 18.9 Å². The second-order valence-corrected chi connectivity index (χ2v) is 6.17. The van der Waals surface area contributed by atoms with Crippen molar-refractivity contribution in [3.63, 3.8) is 0 Å². The van der Waals surface area contributed by atoms with Crippen molar-refractivity contribution in [3.8, 4) is 0 Å². The first-order valence-electron chi connectivity index (χ1n) is 7.72. The third-order valence-corrected chi connectivity index (χ3v) is 4.71. The highest BCUT2D eigenvalue weighted by molar-refractivity contribution is 6.14. The van der Waals surface area contributed by atoms with Gasteiger partial charge in [-0.2, -0.15) is 0 Å². The molecule has 23 heavy (non-hydrogen) atoms. The zero-order valence-electron chi connectivity index (χ0n) is 12.8. The molecule has 1 atom stereocenters. The largest absolute Gasteiger partial charge is 0.365 e. The first-order chi connectivity index (χ1) is 10.9. The molecule has 0 unspecified atom stereocenters. The van der Waals surface area contributed by atoms with Crippen molar-refractivity contribution in [1.29, 1.82) is 0 Å². The van der Waals surface area contributed by atoms with E-state index in [1.54, 1.807) is 6.92 Å². The topological polar surface area (TPSA) is 58.2 Å². The molecule has 2 aliphatic rings. The lowest BCUT2D eigenvalue weighted by Gasteiger charge is -2.31. The number of allylic oxidation sites excluding steroid dienone is 1. The standard InChI is InChI=1S/C17H18F2N2O2/c1-10(11-5-4-6-12(18)15(11)19)20-14-9-13(22)17(16(23)21-14)7-2-3-8-17/h4-6,9-10,20H,2-3,7-8H2,1H3,(H,21,23)/t10-/m0/s1. The van der Waals surface area contributed by atoms with Crippen molar-refractivity contribution in [2.75, 3.05) is 0 Å². The van der Waals surface area contributed by atoms with Crippen molar-refractivity contribution in [3.05, 3.63) is 47.3 Å². The van der Waals surface area contributed by atoms with Gasteiger partial charge in [0.1, 0.15) is 11.2 Å². The predicted octanol–water partition coefficient (Wildman–Crippen LogP) is 2.72. The quantitative estimate of drug-likeness (QED) is 0.842. The molecule has 122 valence electrons. The van der Waals surface area contributed by atoms with Crippen LogP contribution in [-0.4, -0.2) is 11.7 Å². The summed E-state index contributed by atoms with van der Waals surface area (Å²) in [6.45, 7) is 1.63. The molecule has 1 aromatic carbocycles. The van der Waals surface area contributed by atoms with Crippen LogP contribution < -0.4 is 10.6 Å². The average Bonchev–Trinajstić information content (AvgIpc) is 2.99. The number of ketones is 1. The molecule has 0 radical (unpaired) electrons. The summed E-state index contributed by atoms with van der Waals surface area (Å²) in [5.41, 5.74) is -0.799. The van der Waals surface area contributed by atoms with Crippen LogP contribution in [0.1, 0.15) is 44.2 Å². The van der Waals surface area contributed by atoms with Crippen LogP contribution in [0, 0.1) is 17.0 Å². The van der Waals surface area contributed by atoms with Gasteiger partial charge in [-0.1, -0.05) is 25.0 Å². The molecule has 0 bridgehead atoms. The molecule has 0 saturated heterocycles. The summed E-state index contributed by atoms with van der Waals surface area (Å²) in [4.78, 5) is 24.7. The van der Waals surface area contributed by atoms with Gasteiger partial charge in [-0.15, -0.1) is 0 Å². The van der Waals surface area contributed by atoms with Crippen LogP contribution in [0.2, 0.25) is 0 Å². The number of hydrogen-bond acceptors (Lipinski definition) is 3. The number of benzene rings is 1. The average molecular weight is 320 g/mol. The maximum atomic E-state index is 13.8. The van der Waals surface area contributed by atoms with Gasteiger partial charge in [0.05, 0.1) is 6.04 Å². The molecule has 0 aromatic heterocycles. The van der Waals surface area contributed by atoms with Gasteiger partial charge in [0.15, 0.2) is 17.4 Å². The minimum atomic E-state index is -0.936. The van der Waals surface area contributed by atoms with Gasteiger partial charge < -0.3 is 10.6 Å². The van der Waals surface area contributed by atoms with Crippen molar-refractivity contribution >= 4 is 11.7 Å². The molecule has 1 aromatic rings. The van der Waals surface area contributed by atoms with Crippen LogP contribution in [0.5, 0.6) is 0 Å². The van der Waals surface area contributed by atoms with Gasteiger partial charge >= 0.3 is 0 Å². The maximum absolute atomic E-state index is 13.8. The van der Waals surface area contributed by atoms with Gasteiger partial charge in [-0.3, -0.25) is 9.59 Å². The van der Waals surface area contributed by atoms with Gasteiger partial charge in [-0.25, -0.2) is 8.78 Å². The summed E-state index contributed by atoms with van der Waals surface area (Å²) in [7, 11) is 0. The Hall–Kier alpha value is -2.24. The molecule has 1 heterocycles. The summed E-state index contributed by atoms with van der Waals surface area (Å²) in [5, 5.41) is 5.56. The first kappa shape index (κ1) is 15.6. The monoisotopic (exact) mass is 320 g/mol. The Morgan fingerprint density at radius 2 is 1.91 bits per heavy atom. The minimum absolute atomic E-state index is 0.133. The van der Waals surface area contributed by atoms with Gasteiger partial charge in [0, 0.05) is 11.6 Å². The zero-order valence-corrected chi connectivity index (χ0v) is 12.8. The molecule has 1 fully saturated rings. The molecule has 1 aliphatic heterocycles. The predicted molar refractivity (Wildman–Crippen MR) is 80.0 cm³/mol. The molecule has 6 heteroatoms. The van der Waals surface area contributed by atoms with E-state index in [1.165, 1.54) is 18.2 Å². The van der Waals surface area contributed by atoms with Gasteiger partial charge in [0.25, 0.3) is 0 Å². The van der Waals surface area contributed by atoms with E-state index in [-0.39, 0.29) is 23.1 Å². The van der Waals surface area contributed by atoms with E-state index < -0.39 is 23.1 Å². The highest BCUT2D eigenvalue weighted by atomic mass is 19.2. The van der Waals surface area contributed by atoms with Crippen LogP contribution in [0.4, 0.5) is 8.78 Å². The molecule has 2 N–H and O–H groups in total. The van der Waals surface area contributed by atoms with E-state index in [9.17, 15) is 18.4 Å². The molecule has 1 saturated carbocycles. The Labute approximate surface area is 132 Å². The second kappa shape index (κ2) is 5.76. The molecule has 1 aliphatic carbocycles. The Morgan fingerprint density at radius 3 is 2.57 bits per heavy atom. The van der Waals surface area contributed by atoms with Crippen molar-refractivity contribution in [2.45, 2.75) is 38.6 Å². The van der Waals surface area contributed by atoms with Crippen LogP contribution in [-0.2, 0) is 9.59 Å². The van der Waals surface area contributed by atoms with E-state index in [4.69, 9.17) is 0 Å². The second-order valence-electron chi connectivity index (χ2n) is 6.17. The highest BCUT2D eigenvalue weighted by Gasteiger charge is 2.49. The number of carbonyl (C=O) groups is 2. The Bertz CT molecular complexity index is 694. The Morgan fingerprint density at radius 1 is 1.22 bits per heavy atom. The van der Waals surface area contributed by atoms with Crippen molar-refractivity contribution in [2.24, 2.45) is 5.41 Å². The molecule has 1 spiro atoms. The Kier molecular flexibility index (Phi) is 3.92. The van der Waals surface area contributed by atoms with Gasteiger partial charge in [0.2, 0.25) is 5.91 Å². The third kappa shape index (κ3) is 2.62. The smallest absolute Gasteiger partial charge is 0.239 e. The van der Waals surface area contributed by atoms with Crippen LogP contribution in [0.15, 0.2) is 30.1 Å². The number of halogens is 2. The number of amides is 1. The van der Waals surface area contributed by atoms with E-state index in [2.05, 4.69) is 10.6 Å². The van der Waals surface area contributed by atoms with E-state index >= 15 is 0 Å². The fourth-order valence-corrected chi connectivity index (χ4v) is 3.35. The summed E-state index contributed by atoms with van der Waals surface area (Å²) >= 11 is 0. The fourth-order valence-electron chi connectivity index (χ4n) is 3.35. The van der Waals surface area contributed by atoms with E-state index in [1.807, 2.05) is 0 Å². The highest BCUT2D eigenvalue weighted by Crippen LogP contribution is 2.41. The molecule has 3 rings (SSSR count). The minimum Gasteiger partial charge on any atom is -0.365 e. The summed E-state index contributed by atoms with van der Waals surface area (Å²) in [5.74, 6) is -2.16. The fraction of sp³-hybridized carbons (Fsp3) is 0.412. The first-order valence-corrected chi connectivity index (χ1v) is 7.72. The normalized spacial score (nSPS) is 21.1. The van der Waals surface area contributed by atoms with E-state index in [0.29, 0.717) is 12.8 Å². The van der Waals surface area contributed by atoms with Crippen LogP contribution in [0.25, 0.3) is 0 Å². The maximum Gasteiger partial charge on any atom is 0.239 e. The number of nitrogens with one attached hydrogen (secondary N) is 2. The molecule has 4 nitrogen and oxygen atoms in total. The van der Waals surface area contributed by atoms with Gasteiger partial charge in [-0.05, 0) is 25.8 Å². The lowest BCUT2D eigenvalue weighted by atomic mass is 9.79.